The van der Waals surface area contributed by atoms with E-state index < -0.39 is 11.4 Å². The molecule has 0 saturated heterocycles. The summed E-state index contributed by atoms with van der Waals surface area (Å²) in [7, 11) is 0. The predicted octanol–water partition coefficient (Wildman–Crippen LogP) is -3.95. The second-order valence-electron chi connectivity index (χ2n) is 2.13. The molecule has 1 rings (SSSR count). The average molecular weight is 175 g/mol. The first-order valence-electron chi connectivity index (χ1n) is 3.02. The normalized spacial score (nSPS) is 8.75. The number of aromatic carboxylic acids is 1. The van der Waals surface area contributed by atoms with E-state index in [0.29, 0.717) is 5.69 Å². The second kappa shape index (κ2) is 4.45. The molecule has 0 aromatic carbocycles. The number of nitrogens with one attached hydrogen (secondary N) is 1. The molecule has 1 aromatic heterocycles. The first kappa shape index (κ1) is 11.4. The SMILES string of the molecule is Cc1[nH]ccc(=O)c1C(=O)[O-].[Na+]. The van der Waals surface area contributed by atoms with Crippen LogP contribution in [0.25, 0.3) is 0 Å². The zero-order chi connectivity index (χ0) is 8.43. The van der Waals surface area contributed by atoms with E-state index in [1.54, 1.807) is 0 Å². The van der Waals surface area contributed by atoms with Crippen LogP contribution in [0, 0.1) is 6.92 Å². The number of carboxylic acids is 1. The Balaban J connectivity index is 0.00000121. The number of carbonyl (C=O) groups is 1. The monoisotopic (exact) mass is 175 g/mol. The zero-order valence-corrected chi connectivity index (χ0v) is 8.88. The van der Waals surface area contributed by atoms with Gasteiger partial charge in [0, 0.05) is 18.0 Å². The number of carboxylic acid groups (broad SMARTS) is 1. The number of hydrogen-bond donors (Lipinski definition) is 1. The van der Waals surface area contributed by atoms with Crippen LogP contribution in [0.3, 0.4) is 0 Å². The van der Waals surface area contributed by atoms with Gasteiger partial charge in [-0.25, -0.2) is 0 Å². The van der Waals surface area contributed by atoms with Gasteiger partial charge in [-0.05, 0) is 6.92 Å². The molecule has 0 spiro atoms. The molecule has 0 fully saturated rings. The van der Waals surface area contributed by atoms with Gasteiger partial charge in [-0.3, -0.25) is 4.79 Å². The van der Waals surface area contributed by atoms with Gasteiger partial charge in [-0.1, -0.05) is 0 Å². The molecule has 1 N–H and O–H groups in total. The Labute approximate surface area is 90.9 Å². The van der Waals surface area contributed by atoms with Gasteiger partial charge in [-0.15, -0.1) is 0 Å². The Morgan fingerprint density at radius 3 is 2.50 bits per heavy atom. The van der Waals surface area contributed by atoms with Crippen LogP contribution < -0.4 is 40.1 Å². The first-order valence-corrected chi connectivity index (χ1v) is 3.02. The van der Waals surface area contributed by atoms with Gasteiger partial charge in [0.2, 0.25) is 0 Å². The number of hydrogen-bond acceptors (Lipinski definition) is 3. The maximum absolute atomic E-state index is 10.8. The van der Waals surface area contributed by atoms with Gasteiger partial charge in [0.25, 0.3) is 0 Å². The number of carbonyl (C=O) groups excluding carboxylic acids is 1. The molecule has 0 aliphatic rings. The molecule has 0 unspecified atom stereocenters. The summed E-state index contributed by atoms with van der Waals surface area (Å²) in [5.74, 6) is -1.44. The van der Waals surface area contributed by atoms with E-state index >= 15 is 0 Å². The van der Waals surface area contributed by atoms with Gasteiger partial charge in [0.15, 0.2) is 5.43 Å². The van der Waals surface area contributed by atoms with Gasteiger partial charge >= 0.3 is 29.6 Å². The van der Waals surface area contributed by atoms with Gasteiger partial charge < -0.3 is 14.9 Å². The molecule has 0 amide bonds. The van der Waals surface area contributed by atoms with Crippen molar-refractivity contribution in [2.45, 2.75) is 6.92 Å². The zero-order valence-electron chi connectivity index (χ0n) is 6.88. The summed E-state index contributed by atoms with van der Waals surface area (Å²) < 4.78 is 0. The minimum Gasteiger partial charge on any atom is -0.545 e. The van der Waals surface area contributed by atoms with Crippen LogP contribution in [-0.4, -0.2) is 11.0 Å². The predicted molar refractivity (Wildman–Crippen MR) is 36.1 cm³/mol. The Bertz CT molecular complexity index is 345. The van der Waals surface area contributed by atoms with Crippen molar-refractivity contribution in [1.82, 2.24) is 4.98 Å². The van der Waals surface area contributed by atoms with E-state index in [1.165, 1.54) is 13.1 Å². The third kappa shape index (κ3) is 2.20. The molecule has 0 aliphatic carbocycles. The van der Waals surface area contributed by atoms with Crippen molar-refractivity contribution in [3.63, 3.8) is 0 Å². The summed E-state index contributed by atoms with van der Waals surface area (Å²) in [6.45, 7) is 1.51. The van der Waals surface area contributed by atoms with Crippen molar-refractivity contribution in [3.8, 4) is 0 Å². The fourth-order valence-electron chi connectivity index (χ4n) is 0.836. The molecule has 0 saturated carbocycles. The maximum Gasteiger partial charge on any atom is 1.00 e. The molecule has 12 heavy (non-hydrogen) atoms. The first-order chi connectivity index (χ1) is 5.13. The van der Waals surface area contributed by atoms with E-state index in [4.69, 9.17) is 0 Å². The van der Waals surface area contributed by atoms with Crippen molar-refractivity contribution < 1.29 is 39.5 Å². The Morgan fingerprint density at radius 2 is 2.17 bits per heavy atom. The molecule has 58 valence electrons. The van der Waals surface area contributed by atoms with Crippen LogP contribution in [-0.2, 0) is 0 Å². The largest absolute Gasteiger partial charge is 1.00 e. The van der Waals surface area contributed by atoms with E-state index in [1.807, 2.05) is 0 Å². The van der Waals surface area contributed by atoms with E-state index in [9.17, 15) is 14.7 Å². The topological polar surface area (TPSA) is 73.0 Å². The van der Waals surface area contributed by atoms with Crippen LogP contribution in [0.4, 0.5) is 0 Å². The molecule has 1 heterocycles. The van der Waals surface area contributed by atoms with Crippen molar-refractivity contribution in [3.05, 3.63) is 33.7 Å². The van der Waals surface area contributed by atoms with Crippen LogP contribution >= 0.6 is 0 Å². The van der Waals surface area contributed by atoms with Crippen molar-refractivity contribution >= 4 is 5.97 Å². The summed E-state index contributed by atoms with van der Waals surface area (Å²) in [5.41, 5.74) is -0.508. The second-order valence-corrected chi connectivity index (χ2v) is 2.13. The Morgan fingerprint density at radius 1 is 1.58 bits per heavy atom. The minimum absolute atomic E-state index is 0. The van der Waals surface area contributed by atoms with Crippen LogP contribution in [0.15, 0.2) is 17.1 Å². The fourth-order valence-corrected chi connectivity index (χ4v) is 0.836. The summed E-state index contributed by atoms with van der Waals surface area (Å²) in [6, 6.07) is 1.15. The standard InChI is InChI=1S/C7H7NO3.Na/c1-4-6(7(10)11)5(9)2-3-8-4;/h2-3H,1H3,(H,8,9)(H,10,11);/q;+1/p-1. The Hall–Kier alpha value is -0.580. The number of aryl methyl sites for hydroxylation is 1. The third-order valence-corrected chi connectivity index (χ3v) is 1.36. The third-order valence-electron chi connectivity index (χ3n) is 1.36. The van der Waals surface area contributed by atoms with Gasteiger partial charge in [0.05, 0.1) is 11.5 Å². The number of pyridine rings is 1. The quantitative estimate of drug-likeness (QED) is 0.443. The molecule has 0 aliphatic heterocycles. The smallest absolute Gasteiger partial charge is 0.545 e. The number of rotatable bonds is 1. The summed E-state index contributed by atoms with van der Waals surface area (Å²) in [5, 5.41) is 10.3. The van der Waals surface area contributed by atoms with Crippen LogP contribution in [0.5, 0.6) is 0 Å². The maximum atomic E-state index is 10.8. The van der Waals surface area contributed by atoms with Crippen LogP contribution in [0.2, 0.25) is 0 Å². The van der Waals surface area contributed by atoms with Crippen molar-refractivity contribution in [2.24, 2.45) is 0 Å². The molecule has 1 aromatic rings. The molecule has 0 atom stereocenters. The summed E-state index contributed by atoms with van der Waals surface area (Å²) in [4.78, 5) is 23.8. The molecular weight excluding hydrogens is 169 g/mol. The average Bonchev–Trinajstić information content (AvgIpc) is 1.85. The number of H-pyrrole nitrogens is 1. The summed E-state index contributed by atoms with van der Waals surface area (Å²) >= 11 is 0. The van der Waals surface area contributed by atoms with E-state index in [2.05, 4.69) is 4.98 Å². The minimum atomic E-state index is -1.44. The van der Waals surface area contributed by atoms with Crippen molar-refractivity contribution in [1.29, 1.82) is 0 Å². The Kier molecular flexibility index (Phi) is 4.23. The molecule has 0 radical (unpaired) electrons. The van der Waals surface area contributed by atoms with Gasteiger partial charge in [-0.2, -0.15) is 0 Å². The molecule has 5 heteroatoms. The fraction of sp³-hybridized carbons (Fsp3) is 0.143. The summed E-state index contributed by atoms with van der Waals surface area (Å²) in [6.07, 6.45) is 1.39. The number of aromatic amines is 1. The van der Waals surface area contributed by atoms with Gasteiger partial charge in [0.1, 0.15) is 0 Å². The molecule has 0 bridgehead atoms. The van der Waals surface area contributed by atoms with E-state index in [-0.39, 0.29) is 35.1 Å². The molecular formula is C7H6NNaO3. The molecule has 4 nitrogen and oxygen atoms in total. The van der Waals surface area contributed by atoms with Crippen LogP contribution in [0.1, 0.15) is 16.1 Å². The van der Waals surface area contributed by atoms with E-state index in [0.717, 1.165) is 6.07 Å². The number of aromatic nitrogens is 1. The van der Waals surface area contributed by atoms with Crippen molar-refractivity contribution in [2.75, 3.05) is 0 Å².